The van der Waals surface area contributed by atoms with E-state index in [0.717, 1.165) is 5.56 Å². The number of hydrogen-bond donors (Lipinski definition) is 3. The van der Waals surface area contributed by atoms with Crippen molar-refractivity contribution in [2.45, 2.75) is 37.6 Å². The molecule has 7 heteroatoms. The predicted octanol–water partition coefficient (Wildman–Crippen LogP) is 2.53. The van der Waals surface area contributed by atoms with E-state index in [9.17, 15) is 13.2 Å². The molecule has 1 amide bonds. The van der Waals surface area contributed by atoms with E-state index in [1.165, 1.54) is 12.1 Å². The van der Waals surface area contributed by atoms with Crippen LogP contribution in [-0.2, 0) is 21.2 Å². The fourth-order valence-corrected chi connectivity index (χ4v) is 3.56. The molecule has 2 rings (SSSR count). The average molecular weight is 361 g/mol. The quantitative estimate of drug-likeness (QED) is 0.660. The van der Waals surface area contributed by atoms with E-state index in [4.69, 9.17) is 5.73 Å². The fourth-order valence-electron chi connectivity index (χ4n) is 2.18. The standard InChI is InChI=1S/C18H23N3O3S/c1-3-13(2)21-25(23,24)17-6-4-5-16(12-17)20-18(22)11-14-7-9-15(19)10-8-14/h4-10,12-13,21H,3,11,19H2,1-2H3,(H,20,22). The van der Waals surface area contributed by atoms with Crippen LogP contribution >= 0.6 is 0 Å². The number of nitrogens with one attached hydrogen (secondary N) is 2. The number of amides is 1. The molecule has 0 aliphatic carbocycles. The van der Waals surface area contributed by atoms with Gasteiger partial charge in [0.05, 0.1) is 11.3 Å². The number of anilines is 2. The molecular formula is C18H23N3O3S. The van der Waals surface area contributed by atoms with Gasteiger partial charge in [0.1, 0.15) is 0 Å². The molecule has 0 heterocycles. The molecule has 0 fully saturated rings. The van der Waals surface area contributed by atoms with Gasteiger partial charge in [-0.15, -0.1) is 0 Å². The van der Waals surface area contributed by atoms with Crippen LogP contribution in [-0.4, -0.2) is 20.4 Å². The summed E-state index contributed by atoms with van der Waals surface area (Å²) in [6, 6.07) is 13.1. The minimum atomic E-state index is -3.61. The van der Waals surface area contributed by atoms with Crippen LogP contribution in [0.3, 0.4) is 0 Å². The lowest BCUT2D eigenvalue weighted by atomic mass is 10.1. The molecule has 0 saturated heterocycles. The molecule has 0 aliphatic heterocycles. The summed E-state index contributed by atoms with van der Waals surface area (Å²) in [6.07, 6.45) is 0.875. The van der Waals surface area contributed by atoms with Crippen LogP contribution in [0.1, 0.15) is 25.8 Å². The van der Waals surface area contributed by atoms with Gasteiger partial charge in [-0.05, 0) is 49.2 Å². The van der Waals surface area contributed by atoms with Crippen molar-refractivity contribution < 1.29 is 13.2 Å². The normalized spacial score (nSPS) is 12.6. The summed E-state index contributed by atoms with van der Waals surface area (Å²) < 4.78 is 27.2. The number of rotatable bonds is 7. The molecule has 0 spiro atoms. The van der Waals surface area contributed by atoms with Gasteiger partial charge in [-0.3, -0.25) is 4.79 Å². The Balaban J connectivity index is 2.08. The highest BCUT2D eigenvalue weighted by atomic mass is 32.2. The van der Waals surface area contributed by atoms with Crippen LogP contribution < -0.4 is 15.8 Å². The minimum absolute atomic E-state index is 0.123. The molecule has 4 N–H and O–H groups in total. The molecular weight excluding hydrogens is 338 g/mol. The highest BCUT2D eigenvalue weighted by Crippen LogP contribution is 2.16. The molecule has 0 saturated carbocycles. The second-order valence-corrected chi connectivity index (χ2v) is 7.64. The first kappa shape index (κ1) is 19.0. The van der Waals surface area contributed by atoms with Gasteiger partial charge in [-0.1, -0.05) is 25.1 Å². The van der Waals surface area contributed by atoms with Crippen molar-refractivity contribution in [3.05, 3.63) is 54.1 Å². The molecule has 134 valence electrons. The lowest BCUT2D eigenvalue weighted by Crippen LogP contribution is -2.32. The maximum Gasteiger partial charge on any atom is 0.240 e. The van der Waals surface area contributed by atoms with Gasteiger partial charge >= 0.3 is 0 Å². The van der Waals surface area contributed by atoms with E-state index in [1.54, 1.807) is 43.3 Å². The Morgan fingerprint density at radius 2 is 1.84 bits per heavy atom. The first-order valence-electron chi connectivity index (χ1n) is 8.07. The summed E-state index contributed by atoms with van der Waals surface area (Å²) in [5.41, 5.74) is 7.52. The first-order valence-corrected chi connectivity index (χ1v) is 9.55. The van der Waals surface area contributed by atoms with Crippen LogP contribution in [0.25, 0.3) is 0 Å². The smallest absolute Gasteiger partial charge is 0.240 e. The zero-order valence-corrected chi connectivity index (χ0v) is 15.1. The Bertz CT molecular complexity index is 833. The van der Waals surface area contributed by atoms with Gasteiger partial charge in [-0.2, -0.15) is 0 Å². The van der Waals surface area contributed by atoms with Crippen LogP contribution in [0.5, 0.6) is 0 Å². The number of benzene rings is 2. The number of carbonyl (C=O) groups excluding carboxylic acids is 1. The molecule has 1 atom stereocenters. The molecule has 0 bridgehead atoms. The summed E-state index contributed by atoms with van der Waals surface area (Å²) in [5, 5.41) is 2.72. The highest BCUT2D eigenvalue weighted by Gasteiger charge is 2.17. The number of sulfonamides is 1. The van der Waals surface area contributed by atoms with Crippen molar-refractivity contribution in [1.29, 1.82) is 0 Å². The lowest BCUT2D eigenvalue weighted by Gasteiger charge is -2.13. The molecule has 0 radical (unpaired) electrons. The third-order valence-electron chi connectivity index (χ3n) is 3.74. The number of carbonyl (C=O) groups is 1. The number of hydrogen-bond acceptors (Lipinski definition) is 4. The van der Waals surface area contributed by atoms with E-state index in [-0.39, 0.29) is 23.3 Å². The van der Waals surface area contributed by atoms with Crippen molar-refractivity contribution in [3.8, 4) is 0 Å². The molecule has 0 aromatic heterocycles. The van der Waals surface area contributed by atoms with Gasteiger partial charge in [0.25, 0.3) is 0 Å². The van der Waals surface area contributed by atoms with E-state index in [2.05, 4.69) is 10.0 Å². The molecule has 25 heavy (non-hydrogen) atoms. The summed E-state index contributed by atoms with van der Waals surface area (Å²) in [6.45, 7) is 3.71. The van der Waals surface area contributed by atoms with Crippen molar-refractivity contribution in [2.24, 2.45) is 0 Å². The van der Waals surface area contributed by atoms with Crippen LogP contribution in [0.2, 0.25) is 0 Å². The highest BCUT2D eigenvalue weighted by molar-refractivity contribution is 7.89. The van der Waals surface area contributed by atoms with Gasteiger partial charge in [0, 0.05) is 17.4 Å². The molecule has 6 nitrogen and oxygen atoms in total. The third-order valence-corrected chi connectivity index (χ3v) is 5.33. The molecule has 1 unspecified atom stereocenters. The van der Waals surface area contributed by atoms with Gasteiger partial charge in [0.2, 0.25) is 15.9 Å². The van der Waals surface area contributed by atoms with Crippen LogP contribution in [0.4, 0.5) is 11.4 Å². The van der Waals surface area contributed by atoms with Gasteiger partial charge < -0.3 is 11.1 Å². The monoisotopic (exact) mass is 361 g/mol. The minimum Gasteiger partial charge on any atom is -0.399 e. The lowest BCUT2D eigenvalue weighted by molar-refractivity contribution is -0.115. The van der Waals surface area contributed by atoms with E-state index >= 15 is 0 Å². The zero-order valence-electron chi connectivity index (χ0n) is 14.3. The largest absolute Gasteiger partial charge is 0.399 e. The summed E-state index contributed by atoms with van der Waals surface area (Å²) in [4.78, 5) is 12.3. The maximum atomic E-state index is 12.3. The SMILES string of the molecule is CCC(C)NS(=O)(=O)c1cccc(NC(=O)Cc2ccc(N)cc2)c1. The van der Waals surface area contributed by atoms with Gasteiger partial charge in [0.15, 0.2) is 0 Å². The van der Waals surface area contributed by atoms with Crippen LogP contribution in [0, 0.1) is 0 Å². The summed E-state index contributed by atoms with van der Waals surface area (Å²) in [5.74, 6) is -0.228. The third kappa shape index (κ3) is 5.58. The fraction of sp³-hybridized carbons (Fsp3) is 0.278. The number of nitrogen functional groups attached to an aromatic ring is 1. The first-order chi connectivity index (χ1) is 11.8. The van der Waals surface area contributed by atoms with Crippen molar-refractivity contribution in [3.63, 3.8) is 0 Å². The Hall–Kier alpha value is -2.38. The van der Waals surface area contributed by atoms with E-state index < -0.39 is 10.0 Å². The Morgan fingerprint density at radius 1 is 1.16 bits per heavy atom. The molecule has 2 aromatic rings. The van der Waals surface area contributed by atoms with Gasteiger partial charge in [-0.25, -0.2) is 13.1 Å². The van der Waals surface area contributed by atoms with Crippen molar-refractivity contribution >= 4 is 27.3 Å². The Labute approximate surface area is 148 Å². The second kappa shape index (κ2) is 8.13. The Morgan fingerprint density at radius 3 is 2.48 bits per heavy atom. The Kier molecular flexibility index (Phi) is 6.17. The predicted molar refractivity (Wildman–Crippen MR) is 99.7 cm³/mol. The molecule has 2 aromatic carbocycles. The average Bonchev–Trinajstić information content (AvgIpc) is 2.56. The van der Waals surface area contributed by atoms with Crippen molar-refractivity contribution in [2.75, 3.05) is 11.1 Å². The summed E-state index contributed by atoms with van der Waals surface area (Å²) in [7, 11) is -3.61. The zero-order chi connectivity index (χ0) is 18.4. The van der Waals surface area contributed by atoms with Crippen LogP contribution in [0.15, 0.2) is 53.4 Å². The van der Waals surface area contributed by atoms with E-state index in [1.807, 2.05) is 6.92 Å². The van der Waals surface area contributed by atoms with Crippen molar-refractivity contribution in [1.82, 2.24) is 4.72 Å². The number of nitrogens with two attached hydrogens (primary N) is 1. The maximum absolute atomic E-state index is 12.3. The second-order valence-electron chi connectivity index (χ2n) is 5.92. The summed E-state index contributed by atoms with van der Waals surface area (Å²) >= 11 is 0. The molecule has 0 aliphatic rings. The topological polar surface area (TPSA) is 101 Å². The van der Waals surface area contributed by atoms with E-state index in [0.29, 0.717) is 17.8 Å².